The highest BCUT2D eigenvalue weighted by Crippen LogP contribution is 2.36. The van der Waals surface area contributed by atoms with Crippen LogP contribution in [-0.4, -0.2) is 15.2 Å². The van der Waals surface area contributed by atoms with Gasteiger partial charge in [0.1, 0.15) is 0 Å². The lowest BCUT2D eigenvalue weighted by atomic mass is 9.99. The number of hydrogen-bond donors (Lipinski definition) is 2. The van der Waals surface area contributed by atoms with Gasteiger partial charge in [-0.05, 0) is 30.7 Å². The minimum atomic E-state index is 0.451. The van der Waals surface area contributed by atoms with Gasteiger partial charge >= 0.3 is 0 Å². The zero-order valence-corrected chi connectivity index (χ0v) is 11.6. The third-order valence-electron chi connectivity index (χ3n) is 3.21. The summed E-state index contributed by atoms with van der Waals surface area (Å²) < 4.78 is 0. The predicted octanol–water partition coefficient (Wildman–Crippen LogP) is 3.68. The lowest BCUT2D eigenvalue weighted by molar-refractivity contribution is 1.10. The van der Waals surface area contributed by atoms with Crippen molar-refractivity contribution < 1.29 is 0 Å². The van der Waals surface area contributed by atoms with E-state index in [1.54, 1.807) is 12.4 Å². The number of anilines is 1. The number of aromatic amines is 1. The second kappa shape index (κ2) is 4.98. The van der Waals surface area contributed by atoms with Crippen molar-refractivity contribution in [2.45, 2.75) is 6.92 Å². The largest absolute Gasteiger partial charge is 0.382 e. The Morgan fingerprint density at radius 3 is 2.85 bits per heavy atom. The second-order valence-corrected chi connectivity index (χ2v) is 5.00. The number of nitrogens with one attached hydrogen (secondary N) is 1. The number of aromatic nitrogens is 3. The van der Waals surface area contributed by atoms with Gasteiger partial charge in [-0.3, -0.25) is 10.1 Å². The maximum atomic E-state index is 6.09. The predicted molar refractivity (Wildman–Crippen MR) is 81.4 cm³/mol. The van der Waals surface area contributed by atoms with Gasteiger partial charge in [-0.15, -0.1) is 0 Å². The summed E-state index contributed by atoms with van der Waals surface area (Å²) in [5, 5.41) is 7.79. The van der Waals surface area contributed by atoms with E-state index in [-0.39, 0.29) is 0 Å². The summed E-state index contributed by atoms with van der Waals surface area (Å²) in [5.41, 5.74) is 10.7. The van der Waals surface area contributed by atoms with Crippen molar-refractivity contribution in [2.75, 3.05) is 5.73 Å². The number of nitrogen functional groups attached to an aromatic ring is 1. The van der Waals surface area contributed by atoms with Gasteiger partial charge in [-0.2, -0.15) is 5.10 Å². The van der Waals surface area contributed by atoms with Crippen LogP contribution in [0.4, 0.5) is 5.82 Å². The Morgan fingerprint density at radius 1 is 1.25 bits per heavy atom. The minimum absolute atomic E-state index is 0.451. The summed E-state index contributed by atoms with van der Waals surface area (Å²) in [6.45, 7) is 2.02. The number of nitrogens with two attached hydrogens (primary N) is 1. The van der Waals surface area contributed by atoms with E-state index in [0.717, 1.165) is 27.9 Å². The third kappa shape index (κ3) is 2.14. The molecule has 3 N–H and O–H groups in total. The van der Waals surface area contributed by atoms with Gasteiger partial charge in [0, 0.05) is 28.5 Å². The molecule has 0 atom stereocenters. The third-order valence-corrected chi connectivity index (χ3v) is 3.45. The molecule has 3 aromatic rings. The molecule has 2 heterocycles. The average Bonchev–Trinajstić information content (AvgIpc) is 2.84. The first-order chi connectivity index (χ1) is 9.66. The van der Waals surface area contributed by atoms with Gasteiger partial charge in [0.2, 0.25) is 0 Å². The molecule has 0 aliphatic rings. The minimum Gasteiger partial charge on any atom is -0.382 e. The number of H-pyrrole nitrogens is 1. The molecule has 2 aromatic heterocycles. The first-order valence-electron chi connectivity index (χ1n) is 6.17. The van der Waals surface area contributed by atoms with Gasteiger partial charge in [-0.1, -0.05) is 23.7 Å². The molecule has 1 aromatic carbocycles. The molecule has 0 saturated carbocycles. The lowest BCUT2D eigenvalue weighted by Crippen LogP contribution is -1.90. The topological polar surface area (TPSA) is 67.6 Å². The quantitative estimate of drug-likeness (QED) is 0.754. The summed E-state index contributed by atoms with van der Waals surface area (Å²) in [6.07, 6.45) is 3.49. The van der Waals surface area contributed by atoms with E-state index in [2.05, 4.69) is 15.2 Å². The highest BCUT2D eigenvalue weighted by atomic mass is 35.5. The fourth-order valence-electron chi connectivity index (χ4n) is 2.22. The molecule has 0 aliphatic heterocycles. The van der Waals surface area contributed by atoms with Crippen LogP contribution < -0.4 is 5.73 Å². The van der Waals surface area contributed by atoms with Crippen LogP contribution in [0.1, 0.15) is 5.56 Å². The molecule has 5 heteroatoms. The molecule has 0 radical (unpaired) electrons. The maximum absolute atomic E-state index is 6.09. The molecule has 0 saturated heterocycles. The Morgan fingerprint density at radius 2 is 2.10 bits per heavy atom. The molecule has 0 unspecified atom stereocenters. The van der Waals surface area contributed by atoms with E-state index in [1.807, 2.05) is 37.3 Å². The number of nitrogens with zero attached hydrogens (tertiary/aromatic N) is 2. The highest BCUT2D eigenvalue weighted by Gasteiger charge is 2.16. The maximum Gasteiger partial charge on any atom is 0.153 e. The molecule has 20 heavy (non-hydrogen) atoms. The van der Waals surface area contributed by atoms with E-state index in [9.17, 15) is 0 Å². The molecule has 3 rings (SSSR count). The Hall–Kier alpha value is -2.33. The number of rotatable bonds is 2. The lowest BCUT2D eigenvalue weighted by Gasteiger charge is -2.08. The monoisotopic (exact) mass is 284 g/mol. The van der Waals surface area contributed by atoms with E-state index in [1.165, 1.54) is 0 Å². The van der Waals surface area contributed by atoms with Crippen LogP contribution in [0.25, 0.3) is 22.4 Å². The van der Waals surface area contributed by atoms with Crippen molar-refractivity contribution in [1.29, 1.82) is 0 Å². The van der Waals surface area contributed by atoms with Gasteiger partial charge in [-0.25, -0.2) is 0 Å². The SMILES string of the molecule is Cc1ccc(Cl)cc1-c1[nH]nc(N)c1-c1cccnc1. The van der Waals surface area contributed by atoms with Crippen LogP contribution in [0.2, 0.25) is 5.02 Å². The van der Waals surface area contributed by atoms with Crippen molar-refractivity contribution in [3.8, 4) is 22.4 Å². The van der Waals surface area contributed by atoms with Gasteiger partial charge in [0.25, 0.3) is 0 Å². The molecule has 0 fully saturated rings. The summed E-state index contributed by atoms with van der Waals surface area (Å²) in [4.78, 5) is 4.13. The fourth-order valence-corrected chi connectivity index (χ4v) is 2.39. The number of aryl methyl sites for hydroxylation is 1. The molecule has 0 aliphatic carbocycles. The smallest absolute Gasteiger partial charge is 0.153 e. The summed E-state index contributed by atoms with van der Waals surface area (Å²) in [5.74, 6) is 0.451. The van der Waals surface area contributed by atoms with Crippen molar-refractivity contribution in [3.05, 3.63) is 53.3 Å². The van der Waals surface area contributed by atoms with Gasteiger partial charge < -0.3 is 5.73 Å². The van der Waals surface area contributed by atoms with E-state index >= 15 is 0 Å². The van der Waals surface area contributed by atoms with Crippen LogP contribution in [0.5, 0.6) is 0 Å². The molecule has 100 valence electrons. The second-order valence-electron chi connectivity index (χ2n) is 4.56. The number of pyridine rings is 1. The van der Waals surface area contributed by atoms with E-state index in [0.29, 0.717) is 10.8 Å². The van der Waals surface area contributed by atoms with E-state index in [4.69, 9.17) is 17.3 Å². The molecule has 0 amide bonds. The Bertz CT molecular complexity index is 750. The first kappa shape index (κ1) is 12.7. The standard InChI is InChI=1S/C15H13ClN4/c1-9-4-5-11(16)7-12(9)14-13(15(17)20-19-14)10-3-2-6-18-8-10/h2-8H,1H3,(H3,17,19,20). The summed E-state index contributed by atoms with van der Waals surface area (Å²) in [7, 11) is 0. The molecule has 0 spiro atoms. The van der Waals surface area contributed by atoms with Gasteiger partial charge in [0.15, 0.2) is 5.82 Å². The summed E-state index contributed by atoms with van der Waals surface area (Å²) in [6, 6.07) is 9.57. The zero-order valence-electron chi connectivity index (χ0n) is 10.9. The number of halogens is 1. The van der Waals surface area contributed by atoms with Crippen LogP contribution in [0.3, 0.4) is 0 Å². The van der Waals surface area contributed by atoms with Gasteiger partial charge in [0.05, 0.1) is 11.3 Å². The molecular weight excluding hydrogens is 272 g/mol. The van der Waals surface area contributed by atoms with Crippen molar-refractivity contribution in [3.63, 3.8) is 0 Å². The number of benzene rings is 1. The number of hydrogen-bond acceptors (Lipinski definition) is 3. The summed E-state index contributed by atoms with van der Waals surface area (Å²) >= 11 is 6.09. The van der Waals surface area contributed by atoms with Crippen LogP contribution in [-0.2, 0) is 0 Å². The van der Waals surface area contributed by atoms with Crippen LogP contribution >= 0.6 is 11.6 Å². The Balaban J connectivity index is 2.24. The van der Waals surface area contributed by atoms with E-state index < -0.39 is 0 Å². The normalized spacial score (nSPS) is 10.7. The fraction of sp³-hybridized carbons (Fsp3) is 0.0667. The Labute approximate surface area is 121 Å². The molecular formula is C15H13ClN4. The first-order valence-corrected chi connectivity index (χ1v) is 6.55. The Kier molecular flexibility index (Phi) is 3.16. The average molecular weight is 285 g/mol. The zero-order chi connectivity index (χ0) is 14.1. The van der Waals surface area contributed by atoms with Crippen molar-refractivity contribution >= 4 is 17.4 Å². The molecule has 0 bridgehead atoms. The van der Waals surface area contributed by atoms with Crippen LogP contribution in [0.15, 0.2) is 42.7 Å². The van der Waals surface area contributed by atoms with Crippen LogP contribution in [0, 0.1) is 6.92 Å². The highest BCUT2D eigenvalue weighted by molar-refractivity contribution is 6.30. The van der Waals surface area contributed by atoms with Crippen molar-refractivity contribution in [1.82, 2.24) is 15.2 Å². The molecule has 4 nitrogen and oxygen atoms in total. The van der Waals surface area contributed by atoms with Crippen molar-refractivity contribution in [2.24, 2.45) is 0 Å².